The van der Waals surface area contributed by atoms with Crippen LogP contribution in [-0.2, 0) is 0 Å². The monoisotopic (exact) mass is 266 g/mol. The van der Waals surface area contributed by atoms with Crippen molar-refractivity contribution in [1.29, 1.82) is 0 Å². The SMILES string of the molecule is Nc1c(F)c(F)c(F)c2c(F)c(F)c(F)c(N)c12. The number of nitrogen functional groups attached to an aromatic ring is 2. The molecule has 0 heterocycles. The lowest BCUT2D eigenvalue weighted by Crippen LogP contribution is -2.08. The molecular formula is C10H4F6N2. The Labute approximate surface area is 95.8 Å². The second-order valence-corrected chi connectivity index (χ2v) is 3.46. The minimum Gasteiger partial charge on any atom is -0.396 e. The van der Waals surface area contributed by atoms with Gasteiger partial charge in [0.15, 0.2) is 34.9 Å². The summed E-state index contributed by atoms with van der Waals surface area (Å²) in [4.78, 5) is 0. The van der Waals surface area contributed by atoms with Crippen LogP contribution in [-0.4, -0.2) is 0 Å². The van der Waals surface area contributed by atoms with Gasteiger partial charge in [-0.3, -0.25) is 0 Å². The molecule has 0 amide bonds. The molecule has 0 saturated heterocycles. The number of hydrogen-bond acceptors (Lipinski definition) is 2. The number of halogens is 6. The molecule has 0 spiro atoms. The van der Waals surface area contributed by atoms with E-state index in [0.717, 1.165) is 0 Å². The zero-order valence-corrected chi connectivity index (χ0v) is 8.42. The molecule has 8 heteroatoms. The van der Waals surface area contributed by atoms with Gasteiger partial charge in [-0.2, -0.15) is 0 Å². The van der Waals surface area contributed by atoms with Crippen LogP contribution in [0, 0.1) is 34.9 Å². The summed E-state index contributed by atoms with van der Waals surface area (Å²) < 4.78 is 79.0. The molecular weight excluding hydrogens is 262 g/mol. The second kappa shape index (κ2) is 3.69. The van der Waals surface area contributed by atoms with E-state index < -0.39 is 57.1 Å². The van der Waals surface area contributed by atoms with E-state index in [1.807, 2.05) is 0 Å². The van der Waals surface area contributed by atoms with Crippen LogP contribution >= 0.6 is 0 Å². The summed E-state index contributed by atoms with van der Waals surface area (Å²) in [5.41, 5.74) is 7.92. The number of fused-ring (bicyclic) bond motifs is 1. The maximum Gasteiger partial charge on any atom is 0.197 e. The minimum atomic E-state index is -2.09. The van der Waals surface area contributed by atoms with E-state index in [0.29, 0.717) is 0 Å². The Balaban J connectivity index is 3.22. The van der Waals surface area contributed by atoms with Gasteiger partial charge in [0, 0.05) is 5.39 Å². The molecule has 0 unspecified atom stereocenters. The van der Waals surface area contributed by atoms with E-state index in [1.54, 1.807) is 0 Å². The summed E-state index contributed by atoms with van der Waals surface area (Å²) in [6.07, 6.45) is 0. The lowest BCUT2D eigenvalue weighted by Gasteiger charge is -2.11. The average Bonchev–Trinajstić information content (AvgIpc) is 2.35. The molecule has 0 aliphatic carbocycles. The Morgan fingerprint density at radius 3 is 1.11 bits per heavy atom. The third kappa shape index (κ3) is 1.31. The fraction of sp³-hybridized carbons (Fsp3) is 0. The van der Waals surface area contributed by atoms with Gasteiger partial charge in [0.25, 0.3) is 0 Å². The number of nitrogens with two attached hydrogens (primary N) is 2. The van der Waals surface area contributed by atoms with Gasteiger partial charge >= 0.3 is 0 Å². The highest BCUT2D eigenvalue weighted by atomic mass is 19.2. The van der Waals surface area contributed by atoms with Crippen LogP contribution in [0.25, 0.3) is 10.8 Å². The first kappa shape index (κ1) is 12.3. The normalized spacial score (nSPS) is 11.2. The van der Waals surface area contributed by atoms with E-state index in [2.05, 4.69) is 0 Å². The zero-order valence-electron chi connectivity index (χ0n) is 8.42. The predicted molar refractivity (Wildman–Crippen MR) is 52.5 cm³/mol. The van der Waals surface area contributed by atoms with Crippen molar-refractivity contribution in [2.45, 2.75) is 0 Å². The Morgan fingerprint density at radius 1 is 0.444 bits per heavy atom. The van der Waals surface area contributed by atoms with Crippen LogP contribution in [0.4, 0.5) is 37.7 Å². The van der Waals surface area contributed by atoms with E-state index >= 15 is 0 Å². The molecule has 2 rings (SSSR count). The van der Waals surface area contributed by atoms with Crippen molar-refractivity contribution in [1.82, 2.24) is 0 Å². The lowest BCUT2D eigenvalue weighted by molar-refractivity contribution is 0.439. The maximum absolute atomic E-state index is 13.3. The van der Waals surface area contributed by atoms with E-state index in [4.69, 9.17) is 11.5 Å². The molecule has 96 valence electrons. The Kier molecular flexibility index (Phi) is 2.53. The Morgan fingerprint density at radius 2 is 0.778 bits per heavy atom. The molecule has 0 radical (unpaired) electrons. The Bertz CT molecular complexity index is 569. The summed E-state index contributed by atoms with van der Waals surface area (Å²) in [5.74, 6) is -11.9. The highest BCUT2D eigenvalue weighted by Gasteiger charge is 2.27. The average molecular weight is 266 g/mol. The van der Waals surface area contributed by atoms with Crippen molar-refractivity contribution < 1.29 is 26.3 Å². The first-order valence-corrected chi connectivity index (χ1v) is 4.46. The molecule has 2 aromatic carbocycles. The van der Waals surface area contributed by atoms with Gasteiger partial charge in [-0.15, -0.1) is 0 Å². The standard InChI is InChI=1S/C10H4F6N2/c11-3-1-2(9(17)7(15)5(3)13)10(18)8(16)6(14)4(1)12/h17-18H2. The minimum absolute atomic E-state index is 0.942. The largest absolute Gasteiger partial charge is 0.396 e. The fourth-order valence-electron chi connectivity index (χ4n) is 1.60. The molecule has 0 aliphatic heterocycles. The van der Waals surface area contributed by atoms with Crippen molar-refractivity contribution in [2.75, 3.05) is 11.5 Å². The highest BCUT2D eigenvalue weighted by molar-refractivity contribution is 6.02. The van der Waals surface area contributed by atoms with E-state index in [9.17, 15) is 26.3 Å². The van der Waals surface area contributed by atoms with Crippen LogP contribution in [0.2, 0.25) is 0 Å². The highest BCUT2D eigenvalue weighted by Crippen LogP contribution is 2.37. The lowest BCUT2D eigenvalue weighted by atomic mass is 10.0. The van der Waals surface area contributed by atoms with Crippen molar-refractivity contribution in [3.8, 4) is 0 Å². The fourth-order valence-corrected chi connectivity index (χ4v) is 1.60. The van der Waals surface area contributed by atoms with Gasteiger partial charge in [-0.25, -0.2) is 26.3 Å². The molecule has 0 aliphatic rings. The van der Waals surface area contributed by atoms with E-state index in [1.165, 1.54) is 0 Å². The van der Waals surface area contributed by atoms with Crippen LogP contribution in [0.5, 0.6) is 0 Å². The van der Waals surface area contributed by atoms with Crippen LogP contribution in [0.3, 0.4) is 0 Å². The number of anilines is 2. The van der Waals surface area contributed by atoms with Crippen LogP contribution < -0.4 is 11.5 Å². The molecule has 0 saturated carbocycles. The number of rotatable bonds is 0. The first-order chi connectivity index (χ1) is 8.29. The quantitative estimate of drug-likeness (QED) is 0.437. The summed E-state index contributed by atoms with van der Waals surface area (Å²) in [5, 5.41) is -2.27. The molecule has 4 N–H and O–H groups in total. The molecule has 2 nitrogen and oxygen atoms in total. The van der Waals surface area contributed by atoms with E-state index in [-0.39, 0.29) is 0 Å². The van der Waals surface area contributed by atoms with Gasteiger partial charge in [-0.05, 0) is 0 Å². The van der Waals surface area contributed by atoms with Crippen LogP contribution in [0.1, 0.15) is 0 Å². The van der Waals surface area contributed by atoms with Crippen molar-refractivity contribution >= 4 is 22.1 Å². The predicted octanol–water partition coefficient (Wildman–Crippen LogP) is 2.84. The number of benzene rings is 2. The molecule has 0 aromatic heterocycles. The van der Waals surface area contributed by atoms with Gasteiger partial charge in [0.05, 0.1) is 16.8 Å². The van der Waals surface area contributed by atoms with Gasteiger partial charge in [0.2, 0.25) is 0 Å². The molecule has 0 atom stereocenters. The van der Waals surface area contributed by atoms with Crippen molar-refractivity contribution in [3.05, 3.63) is 34.9 Å². The molecule has 0 fully saturated rings. The summed E-state index contributed by atoms with van der Waals surface area (Å²) in [7, 11) is 0. The second-order valence-electron chi connectivity index (χ2n) is 3.46. The smallest absolute Gasteiger partial charge is 0.197 e. The Hall–Kier alpha value is -2.12. The number of hydrogen-bond donors (Lipinski definition) is 2. The summed E-state index contributed by atoms with van der Waals surface area (Å²) >= 11 is 0. The summed E-state index contributed by atoms with van der Waals surface area (Å²) in [6, 6.07) is 0. The molecule has 18 heavy (non-hydrogen) atoms. The van der Waals surface area contributed by atoms with Crippen LogP contribution in [0.15, 0.2) is 0 Å². The molecule has 0 bridgehead atoms. The van der Waals surface area contributed by atoms with Gasteiger partial charge in [0.1, 0.15) is 0 Å². The summed E-state index contributed by atoms with van der Waals surface area (Å²) in [6.45, 7) is 0. The zero-order chi connectivity index (χ0) is 13.8. The third-order valence-electron chi connectivity index (χ3n) is 2.47. The van der Waals surface area contributed by atoms with Gasteiger partial charge in [-0.1, -0.05) is 0 Å². The van der Waals surface area contributed by atoms with Crippen molar-refractivity contribution in [3.63, 3.8) is 0 Å². The third-order valence-corrected chi connectivity index (χ3v) is 2.47. The van der Waals surface area contributed by atoms with Crippen molar-refractivity contribution in [2.24, 2.45) is 0 Å². The molecule has 2 aromatic rings. The maximum atomic E-state index is 13.3. The van der Waals surface area contributed by atoms with Gasteiger partial charge < -0.3 is 11.5 Å². The first-order valence-electron chi connectivity index (χ1n) is 4.46. The topological polar surface area (TPSA) is 52.0 Å².